The summed E-state index contributed by atoms with van der Waals surface area (Å²) >= 11 is 0. The molecule has 5 heteroatoms. The number of amides is 1. The van der Waals surface area contributed by atoms with Crippen molar-refractivity contribution in [2.45, 2.75) is 33.3 Å². The minimum absolute atomic E-state index is 0.464. The van der Waals surface area contributed by atoms with Crippen LogP contribution in [0.4, 0.5) is 16.2 Å². The Bertz CT molecular complexity index is 411. The summed E-state index contributed by atoms with van der Waals surface area (Å²) in [6.45, 7) is 7.34. The SMILES string of the molecule is Cc1cc(NN)ccc1NC(=O)OC(C)(C)C. The number of anilines is 2. The highest BCUT2D eigenvalue weighted by Crippen LogP contribution is 2.20. The number of carbonyl (C=O) groups excluding carboxylic acids is 1. The van der Waals surface area contributed by atoms with Crippen LogP contribution in [-0.4, -0.2) is 11.7 Å². The monoisotopic (exact) mass is 237 g/mol. The van der Waals surface area contributed by atoms with Crippen molar-refractivity contribution >= 4 is 17.5 Å². The normalized spacial score (nSPS) is 10.9. The minimum atomic E-state index is -0.503. The quantitative estimate of drug-likeness (QED) is 0.546. The van der Waals surface area contributed by atoms with Gasteiger partial charge < -0.3 is 10.2 Å². The Kier molecular flexibility index (Phi) is 3.96. The molecule has 0 spiro atoms. The van der Waals surface area contributed by atoms with Gasteiger partial charge in [0.15, 0.2) is 0 Å². The molecule has 0 aromatic heterocycles. The second-order valence-corrected chi connectivity index (χ2v) is 4.80. The summed E-state index contributed by atoms with van der Waals surface area (Å²) in [6, 6.07) is 5.39. The number of hydrazine groups is 1. The molecule has 1 amide bonds. The zero-order valence-corrected chi connectivity index (χ0v) is 10.6. The molecule has 0 fully saturated rings. The molecule has 0 aliphatic rings. The van der Waals surface area contributed by atoms with Gasteiger partial charge in [-0.2, -0.15) is 0 Å². The molecule has 1 rings (SSSR count). The van der Waals surface area contributed by atoms with Crippen molar-refractivity contribution in [1.29, 1.82) is 0 Å². The summed E-state index contributed by atoms with van der Waals surface area (Å²) in [7, 11) is 0. The molecule has 0 atom stereocenters. The summed E-state index contributed by atoms with van der Waals surface area (Å²) < 4.78 is 5.16. The molecule has 0 heterocycles. The standard InChI is InChI=1S/C12H19N3O2/c1-8-7-9(15-13)5-6-10(8)14-11(16)17-12(2,3)4/h5-7,15H,13H2,1-4H3,(H,14,16). The van der Waals surface area contributed by atoms with Crippen LogP contribution in [0.25, 0.3) is 0 Å². The van der Waals surface area contributed by atoms with Crippen molar-refractivity contribution in [2.75, 3.05) is 10.7 Å². The largest absolute Gasteiger partial charge is 0.444 e. The van der Waals surface area contributed by atoms with E-state index in [-0.39, 0.29) is 0 Å². The number of ether oxygens (including phenoxy) is 1. The highest BCUT2D eigenvalue weighted by atomic mass is 16.6. The Hall–Kier alpha value is -1.75. The second kappa shape index (κ2) is 5.05. The Morgan fingerprint density at radius 1 is 1.35 bits per heavy atom. The van der Waals surface area contributed by atoms with Gasteiger partial charge in [0.1, 0.15) is 5.60 Å². The Morgan fingerprint density at radius 2 is 2.00 bits per heavy atom. The van der Waals surface area contributed by atoms with Gasteiger partial charge in [0, 0.05) is 11.4 Å². The van der Waals surface area contributed by atoms with Crippen molar-refractivity contribution in [2.24, 2.45) is 5.84 Å². The van der Waals surface area contributed by atoms with E-state index in [4.69, 9.17) is 10.6 Å². The first-order valence-corrected chi connectivity index (χ1v) is 5.39. The van der Waals surface area contributed by atoms with Gasteiger partial charge in [-0.3, -0.25) is 11.2 Å². The van der Waals surface area contributed by atoms with Crippen LogP contribution < -0.4 is 16.6 Å². The number of benzene rings is 1. The zero-order valence-electron chi connectivity index (χ0n) is 10.6. The number of hydrogen-bond acceptors (Lipinski definition) is 4. The predicted octanol–water partition coefficient (Wildman–Crippen LogP) is 2.63. The number of aryl methyl sites for hydroxylation is 1. The Labute approximate surface area is 101 Å². The molecule has 0 unspecified atom stereocenters. The molecule has 0 aliphatic heterocycles. The molecular formula is C12H19N3O2. The first-order valence-electron chi connectivity index (χ1n) is 5.39. The van der Waals surface area contributed by atoms with Crippen molar-refractivity contribution in [3.05, 3.63) is 23.8 Å². The van der Waals surface area contributed by atoms with Crippen LogP contribution in [0.3, 0.4) is 0 Å². The highest BCUT2D eigenvalue weighted by molar-refractivity contribution is 5.86. The van der Waals surface area contributed by atoms with Gasteiger partial charge >= 0.3 is 6.09 Å². The zero-order chi connectivity index (χ0) is 13.1. The Balaban J connectivity index is 2.72. The lowest BCUT2D eigenvalue weighted by Gasteiger charge is -2.20. The first-order chi connectivity index (χ1) is 7.81. The average molecular weight is 237 g/mol. The fourth-order valence-electron chi connectivity index (χ4n) is 1.31. The summed E-state index contributed by atoms with van der Waals surface area (Å²) in [5, 5.41) is 2.69. The maximum Gasteiger partial charge on any atom is 0.412 e. The van der Waals surface area contributed by atoms with Crippen LogP contribution in [0.15, 0.2) is 18.2 Å². The van der Waals surface area contributed by atoms with Gasteiger partial charge in [0.05, 0.1) is 0 Å². The molecule has 1 aromatic rings. The number of nitrogen functional groups attached to an aromatic ring is 1. The maximum atomic E-state index is 11.6. The summed E-state index contributed by atoms with van der Waals surface area (Å²) in [5.74, 6) is 5.29. The lowest BCUT2D eigenvalue weighted by molar-refractivity contribution is 0.0636. The van der Waals surface area contributed by atoms with Gasteiger partial charge in [-0.1, -0.05) is 0 Å². The van der Waals surface area contributed by atoms with Crippen molar-refractivity contribution in [3.63, 3.8) is 0 Å². The van der Waals surface area contributed by atoms with Gasteiger partial charge in [0.25, 0.3) is 0 Å². The number of nitrogens with one attached hydrogen (secondary N) is 2. The summed E-state index contributed by atoms with van der Waals surface area (Å²) in [5.41, 5.74) is 4.44. The van der Waals surface area contributed by atoms with E-state index >= 15 is 0 Å². The minimum Gasteiger partial charge on any atom is -0.444 e. The summed E-state index contributed by atoms with van der Waals surface area (Å²) in [4.78, 5) is 11.6. The number of nitrogens with two attached hydrogens (primary N) is 1. The van der Waals surface area contributed by atoms with Gasteiger partial charge in [-0.15, -0.1) is 0 Å². The molecule has 1 aromatic carbocycles. The Morgan fingerprint density at radius 3 is 2.47 bits per heavy atom. The fourth-order valence-corrected chi connectivity index (χ4v) is 1.31. The van der Waals surface area contributed by atoms with Gasteiger partial charge in [-0.25, -0.2) is 4.79 Å². The molecule has 0 bridgehead atoms. The molecule has 4 N–H and O–H groups in total. The first kappa shape index (κ1) is 13.3. The highest BCUT2D eigenvalue weighted by Gasteiger charge is 2.16. The van der Waals surface area contributed by atoms with E-state index in [0.717, 1.165) is 11.3 Å². The van der Waals surface area contributed by atoms with Crippen molar-refractivity contribution < 1.29 is 9.53 Å². The fraction of sp³-hybridized carbons (Fsp3) is 0.417. The van der Waals surface area contributed by atoms with Crippen LogP contribution >= 0.6 is 0 Å². The van der Waals surface area contributed by atoms with E-state index in [1.165, 1.54) is 0 Å². The van der Waals surface area contributed by atoms with E-state index in [2.05, 4.69) is 10.7 Å². The molecule has 0 aliphatic carbocycles. The molecule has 0 radical (unpaired) electrons. The summed E-state index contributed by atoms with van der Waals surface area (Å²) in [6.07, 6.45) is -0.464. The predicted molar refractivity (Wildman–Crippen MR) is 68.8 cm³/mol. The van der Waals surface area contributed by atoms with Crippen molar-refractivity contribution in [3.8, 4) is 0 Å². The lowest BCUT2D eigenvalue weighted by Crippen LogP contribution is -2.27. The van der Waals surface area contributed by atoms with E-state index in [0.29, 0.717) is 5.69 Å². The smallest absolute Gasteiger partial charge is 0.412 e. The third kappa shape index (κ3) is 4.32. The number of rotatable bonds is 2. The molecule has 94 valence electrons. The molecular weight excluding hydrogens is 218 g/mol. The third-order valence-electron chi connectivity index (χ3n) is 2.03. The van der Waals surface area contributed by atoms with Crippen LogP contribution in [0.1, 0.15) is 26.3 Å². The van der Waals surface area contributed by atoms with E-state index in [1.54, 1.807) is 12.1 Å². The van der Waals surface area contributed by atoms with Crippen LogP contribution in [-0.2, 0) is 4.74 Å². The van der Waals surface area contributed by atoms with Crippen LogP contribution in [0.5, 0.6) is 0 Å². The van der Waals surface area contributed by atoms with E-state index in [1.807, 2.05) is 33.8 Å². The molecule has 17 heavy (non-hydrogen) atoms. The van der Waals surface area contributed by atoms with Crippen LogP contribution in [0.2, 0.25) is 0 Å². The second-order valence-electron chi connectivity index (χ2n) is 4.80. The average Bonchev–Trinajstić information content (AvgIpc) is 2.18. The van der Waals surface area contributed by atoms with E-state index < -0.39 is 11.7 Å². The maximum absolute atomic E-state index is 11.6. The topological polar surface area (TPSA) is 76.4 Å². The van der Waals surface area contributed by atoms with E-state index in [9.17, 15) is 4.79 Å². The molecule has 5 nitrogen and oxygen atoms in total. The lowest BCUT2D eigenvalue weighted by atomic mass is 10.2. The molecule has 0 saturated carbocycles. The molecule has 0 saturated heterocycles. The number of carbonyl (C=O) groups is 1. The van der Waals surface area contributed by atoms with Crippen molar-refractivity contribution in [1.82, 2.24) is 0 Å². The third-order valence-corrected chi connectivity index (χ3v) is 2.03. The van der Waals surface area contributed by atoms with Crippen LogP contribution in [0, 0.1) is 6.92 Å². The van der Waals surface area contributed by atoms with Gasteiger partial charge in [-0.05, 0) is 51.5 Å². The van der Waals surface area contributed by atoms with Gasteiger partial charge in [0.2, 0.25) is 0 Å². The number of hydrogen-bond donors (Lipinski definition) is 3.